The third-order valence-electron chi connectivity index (χ3n) is 6.63. The van der Waals surface area contributed by atoms with Crippen LogP contribution in [0.25, 0.3) is 0 Å². The lowest BCUT2D eigenvalue weighted by Crippen LogP contribution is -2.52. The standard InChI is InChI=1S/C18H33NO/c1-18(2)16-7-6-15(17(18)14-16)8-12-20-13-11-19-9-4-3-5-10-19/h15-17H,3-14H2,1-2H3/t15?,16-,17-/m1/s1. The SMILES string of the molecule is CC1(C)[C@@H]2CCC(CCOCCN3CCCCC3)[C@H]1C2. The van der Waals surface area contributed by atoms with Crippen LogP contribution in [0, 0.1) is 23.2 Å². The molecule has 3 aliphatic carbocycles. The predicted molar refractivity (Wildman–Crippen MR) is 83.8 cm³/mol. The van der Waals surface area contributed by atoms with E-state index in [1.165, 1.54) is 58.0 Å². The van der Waals surface area contributed by atoms with Crippen molar-refractivity contribution in [2.24, 2.45) is 23.2 Å². The molecule has 3 saturated carbocycles. The fourth-order valence-corrected chi connectivity index (χ4v) is 5.02. The minimum Gasteiger partial charge on any atom is -0.380 e. The first-order chi connectivity index (χ1) is 9.68. The molecule has 0 aromatic heterocycles. The number of fused-ring (bicyclic) bond motifs is 2. The zero-order valence-electron chi connectivity index (χ0n) is 13.6. The monoisotopic (exact) mass is 279 g/mol. The van der Waals surface area contributed by atoms with E-state index in [0.29, 0.717) is 5.41 Å². The third-order valence-corrected chi connectivity index (χ3v) is 6.63. The molecule has 1 heterocycles. The van der Waals surface area contributed by atoms with Crippen molar-refractivity contribution >= 4 is 0 Å². The molecular formula is C18H33NO. The molecule has 4 aliphatic rings. The zero-order valence-corrected chi connectivity index (χ0v) is 13.6. The van der Waals surface area contributed by atoms with Gasteiger partial charge in [-0.2, -0.15) is 0 Å². The summed E-state index contributed by atoms with van der Waals surface area (Å²) in [4.78, 5) is 2.57. The van der Waals surface area contributed by atoms with E-state index in [-0.39, 0.29) is 0 Å². The fraction of sp³-hybridized carbons (Fsp3) is 1.00. The molecule has 1 saturated heterocycles. The molecule has 1 unspecified atom stereocenters. The van der Waals surface area contributed by atoms with Crippen molar-refractivity contribution in [1.29, 1.82) is 0 Å². The van der Waals surface area contributed by atoms with Crippen LogP contribution >= 0.6 is 0 Å². The Labute approximate surface area is 125 Å². The minimum absolute atomic E-state index is 0.636. The number of rotatable bonds is 6. The highest BCUT2D eigenvalue weighted by Crippen LogP contribution is 2.61. The summed E-state index contributed by atoms with van der Waals surface area (Å²) in [6.45, 7) is 10.7. The normalized spacial score (nSPS) is 36.6. The Bertz CT molecular complexity index is 307. The molecular weight excluding hydrogens is 246 g/mol. The number of hydrogen-bond acceptors (Lipinski definition) is 2. The molecule has 0 spiro atoms. The van der Waals surface area contributed by atoms with Gasteiger partial charge in [0.05, 0.1) is 6.61 Å². The average Bonchev–Trinajstić information content (AvgIpc) is 2.48. The summed E-state index contributed by atoms with van der Waals surface area (Å²) in [5.74, 6) is 2.97. The van der Waals surface area contributed by atoms with Crippen molar-refractivity contribution in [2.45, 2.75) is 58.8 Å². The summed E-state index contributed by atoms with van der Waals surface area (Å²) < 4.78 is 5.93. The topological polar surface area (TPSA) is 12.5 Å². The first-order valence-corrected chi connectivity index (χ1v) is 8.98. The molecule has 0 N–H and O–H groups in total. The van der Waals surface area contributed by atoms with E-state index in [1.807, 2.05) is 0 Å². The summed E-state index contributed by atoms with van der Waals surface area (Å²) in [6, 6.07) is 0. The van der Waals surface area contributed by atoms with Gasteiger partial charge in [0.2, 0.25) is 0 Å². The number of piperidine rings is 1. The Morgan fingerprint density at radius 3 is 2.55 bits per heavy atom. The lowest BCUT2D eigenvalue weighted by atomic mass is 9.45. The molecule has 4 fully saturated rings. The second kappa shape index (κ2) is 6.36. The first kappa shape index (κ1) is 14.8. The van der Waals surface area contributed by atoms with Gasteiger partial charge in [0.1, 0.15) is 0 Å². The maximum atomic E-state index is 5.93. The molecule has 3 atom stereocenters. The predicted octanol–water partition coefficient (Wildman–Crippen LogP) is 3.95. The second-order valence-corrected chi connectivity index (χ2v) is 8.00. The van der Waals surface area contributed by atoms with Crippen molar-refractivity contribution in [2.75, 3.05) is 32.8 Å². The Hall–Kier alpha value is -0.0800. The molecule has 1 aliphatic heterocycles. The molecule has 2 bridgehead atoms. The van der Waals surface area contributed by atoms with Gasteiger partial charge in [-0.25, -0.2) is 0 Å². The summed E-state index contributed by atoms with van der Waals surface area (Å²) in [6.07, 6.45) is 9.96. The van der Waals surface area contributed by atoms with Gasteiger partial charge in [0.15, 0.2) is 0 Å². The third kappa shape index (κ3) is 3.06. The Morgan fingerprint density at radius 1 is 1.05 bits per heavy atom. The van der Waals surface area contributed by atoms with Crippen LogP contribution in [-0.2, 0) is 4.74 Å². The number of hydrogen-bond donors (Lipinski definition) is 0. The lowest BCUT2D eigenvalue weighted by molar-refractivity contribution is -0.111. The number of nitrogens with zero attached hydrogens (tertiary/aromatic N) is 1. The van der Waals surface area contributed by atoms with Crippen LogP contribution in [0.15, 0.2) is 0 Å². The molecule has 0 amide bonds. The van der Waals surface area contributed by atoms with Gasteiger partial charge in [0.25, 0.3) is 0 Å². The summed E-state index contributed by atoms with van der Waals surface area (Å²) in [5, 5.41) is 0. The fourth-order valence-electron chi connectivity index (χ4n) is 5.02. The minimum atomic E-state index is 0.636. The largest absolute Gasteiger partial charge is 0.380 e. The van der Waals surface area contributed by atoms with Crippen LogP contribution in [-0.4, -0.2) is 37.7 Å². The molecule has 0 radical (unpaired) electrons. The van der Waals surface area contributed by atoms with E-state index in [2.05, 4.69) is 18.7 Å². The Kier molecular flexibility index (Phi) is 4.72. The van der Waals surface area contributed by atoms with Crippen molar-refractivity contribution < 1.29 is 4.74 Å². The van der Waals surface area contributed by atoms with Gasteiger partial charge in [-0.05, 0) is 74.8 Å². The summed E-state index contributed by atoms with van der Waals surface area (Å²) in [7, 11) is 0. The van der Waals surface area contributed by atoms with E-state index in [4.69, 9.17) is 4.74 Å². The average molecular weight is 279 g/mol. The van der Waals surface area contributed by atoms with Crippen LogP contribution in [0.5, 0.6) is 0 Å². The molecule has 0 aromatic carbocycles. The highest BCUT2D eigenvalue weighted by Gasteiger charge is 2.53. The van der Waals surface area contributed by atoms with E-state index >= 15 is 0 Å². The lowest BCUT2D eigenvalue weighted by Gasteiger charge is -2.60. The first-order valence-electron chi connectivity index (χ1n) is 8.98. The van der Waals surface area contributed by atoms with E-state index < -0.39 is 0 Å². The molecule has 0 aromatic rings. The quantitative estimate of drug-likeness (QED) is 0.683. The maximum absolute atomic E-state index is 5.93. The van der Waals surface area contributed by atoms with E-state index in [9.17, 15) is 0 Å². The van der Waals surface area contributed by atoms with Gasteiger partial charge in [-0.15, -0.1) is 0 Å². The zero-order chi connectivity index (χ0) is 14.0. The summed E-state index contributed by atoms with van der Waals surface area (Å²) in [5.41, 5.74) is 0.636. The van der Waals surface area contributed by atoms with Gasteiger partial charge >= 0.3 is 0 Å². The van der Waals surface area contributed by atoms with Crippen LogP contribution < -0.4 is 0 Å². The molecule has 2 nitrogen and oxygen atoms in total. The molecule has 4 rings (SSSR count). The Morgan fingerprint density at radius 2 is 1.85 bits per heavy atom. The molecule has 2 heteroatoms. The van der Waals surface area contributed by atoms with E-state index in [1.54, 1.807) is 0 Å². The van der Waals surface area contributed by atoms with Crippen molar-refractivity contribution in [3.8, 4) is 0 Å². The number of ether oxygens (including phenoxy) is 1. The van der Waals surface area contributed by atoms with Crippen LogP contribution in [0.4, 0.5) is 0 Å². The smallest absolute Gasteiger partial charge is 0.0593 e. The highest BCUT2D eigenvalue weighted by atomic mass is 16.5. The van der Waals surface area contributed by atoms with Crippen LogP contribution in [0.3, 0.4) is 0 Å². The van der Waals surface area contributed by atoms with E-state index in [0.717, 1.165) is 37.5 Å². The number of likely N-dealkylation sites (tertiary alicyclic amines) is 1. The van der Waals surface area contributed by atoms with Gasteiger partial charge in [0, 0.05) is 13.2 Å². The van der Waals surface area contributed by atoms with Crippen LogP contribution in [0.2, 0.25) is 0 Å². The van der Waals surface area contributed by atoms with Gasteiger partial charge in [-0.1, -0.05) is 20.3 Å². The van der Waals surface area contributed by atoms with Gasteiger partial charge < -0.3 is 9.64 Å². The summed E-state index contributed by atoms with van der Waals surface area (Å²) >= 11 is 0. The highest BCUT2D eigenvalue weighted by molar-refractivity contribution is 5.03. The molecule has 20 heavy (non-hydrogen) atoms. The van der Waals surface area contributed by atoms with Crippen LogP contribution in [0.1, 0.15) is 58.8 Å². The Balaban J connectivity index is 1.28. The second-order valence-electron chi connectivity index (χ2n) is 8.00. The van der Waals surface area contributed by atoms with Crippen molar-refractivity contribution in [3.63, 3.8) is 0 Å². The van der Waals surface area contributed by atoms with Gasteiger partial charge in [-0.3, -0.25) is 0 Å². The van der Waals surface area contributed by atoms with Crippen molar-refractivity contribution in [1.82, 2.24) is 4.90 Å². The van der Waals surface area contributed by atoms with Crippen molar-refractivity contribution in [3.05, 3.63) is 0 Å². The maximum Gasteiger partial charge on any atom is 0.0593 e. The molecule has 116 valence electrons.